The molecule has 0 bridgehead atoms. The maximum atomic E-state index is 13.4. The van der Waals surface area contributed by atoms with Crippen LogP contribution in [0.15, 0.2) is 17.2 Å². The minimum atomic E-state index is -4.71. The van der Waals surface area contributed by atoms with Crippen molar-refractivity contribution in [2.24, 2.45) is 16.5 Å². The number of piperidine rings is 1. The molecular weight excluding hydrogens is 343 g/mol. The van der Waals surface area contributed by atoms with Crippen LogP contribution in [0, 0.1) is 11.3 Å². The summed E-state index contributed by atoms with van der Waals surface area (Å²) in [6.45, 7) is 7.09. The lowest BCUT2D eigenvalue weighted by atomic mass is 9.76. The average Bonchev–Trinajstić information content (AvgIpc) is 2.44. The van der Waals surface area contributed by atoms with E-state index >= 15 is 0 Å². The predicted octanol–water partition coefficient (Wildman–Crippen LogP) is 3.01. The third kappa shape index (κ3) is 4.18. The van der Waals surface area contributed by atoms with Gasteiger partial charge >= 0.3 is 6.18 Å². The van der Waals surface area contributed by atoms with E-state index in [9.17, 15) is 21.6 Å². The monoisotopic (exact) mass is 365 g/mol. The smallest absolute Gasteiger partial charge is 0.356 e. The second-order valence-corrected chi connectivity index (χ2v) is 8.80. The van der Waals surface area contributed by atoms with Crippen LogP contribution in [0.1, 0.15) is 39.2 Å². The van der Waals surface area contributed by atoms with Gasteiger partial charge in [-0.15, -0.1) is 0 Å². The fraction of sp³-hybridized carbons (Fsp3) is 0.667. The molecule has 1 aliphatic heterocycles. The number of hydrogen-bond acceptors (Lipinski definition) is 4. The molecule has 5 nitrogen and oxygen atoms in total. The van der Waals surface area contributed by atoms with Crippen LogP contribution in [0.4, 0.5) is 19.0 Å². The minimum absolute atomic E-state index is 0.0302. The Morgan fingerprint density at radius 1 is 1.29 bits per heavy atom. The Balaban J connectivity index is 2.46. The third-order valence-electron chi connectivity index (χ3n) is 4.42. The van der Waals surface area contributed by atoms with Crippen LogP contribution in [0.25, 0.3) is 0 Å². The van der Waals surface area contributed by atoms with Gasteiger partial charge in [-0.2, -0.15) is 13.2 Å². The summed E-state index contributed by atoms with van der Waals surface area (Å²) in [6.07, 6.45) is -2.12. The maximum Gasteiger partial charge on any atom is 0.420 e. The van der Waals surface area contributed by atoms with E-state index in [-0.39, 0.29) is 17.2 Å². The van der Waals surface area contributed by atoms with Crippen LogP contribution >= 0.6 is 0 Å². The summed E-state index contributed by atoms with van der Waals surface area (Å²) in [4.78, 5) is 4.75. The number of alkyl halides is 3. The SMILES string of the molecule is CC(C)(C)C1CCCN(c2ncc(S(N)(=O)=O)cc2C(F)(F)F)C1. The summed E-state index contributed by atoms with van der Waals surface area (Å²) in [5, 5.41) is 4.93. The number of nitrogens with two attached hydrogens (primary N) is 1. The van der Waals surface area contributed by atoms with Gasteiger partial charge in [0.15, 0.2) is 0 Å². The molecule has 1 aromatic heterocycles. The second kappa shape index (κ2) is 6.18. The van der Waals surface area contributed by atoms with E-state index < -0.39 is 26.7 Å². The predicted molar refractivity (Wildman–Crippen MR) is 85.0 cm³/mol. The molecule has 1 fully saturated rings. The highest BCUT2D eigenvalue weighted by Crippen LogP contribution is 2.40. The van der Waals surface area contributed by atoms with E-state index in [1.54, 1.807) is 4.90 Å². The van der Waals surface area contributed by atoms with E-state index in [4.69, 9.17) is 5.14 Å². The van der Waals surface area contributed by atoms with Crippen LogP contribution in [0.2, 0.25) is 0 Å². The molecule has 24 heavy (non-hydrogen) atoms. The fourth-order valence-corrected chi connectivity index (χ4v) is 3.41. The molecule has 0 aliphatic carbocycles. The van der Waals surface area contributed by atoms with Crippen molar-refractivity contribution < 1.29 is 21.6 Å². The summed E-state index contributed by atoms with van der Waals surface area (Å²) in [5.74, 6) is -0.00380. The van der Waals surface area contributed by atoms with Crippen molar-refractivity contribution in [3.63, 3.8) is 0 Å². The van der Waals surface area contributed by atoms with Gasteiger partial charge < -0.3 is 4.90 Å². The molecule has 1 unspecified atom stereocenters. The Morgan fingerprint density at radius 3 is 2.42 bits per heavy atom. The first-order valence-corrected chi connectivity index (χ1v) is 9.20. The van der Waals surface area contributed by atoms with Gasteiger partial charge in [-0.05, 0) is 30.2 Å². The zero-order chi connectivity index (χ0) is 18.3. The summed E-state index contributed by atoms with van der Waals surface area (Å²) in [5.41, 5.74) is -1.10. The number of anilines is 1. The highest BCUT2D eigenvalue weighted by Gasteiger charge is 2.39. The van der Waals surface area contributed by atoms with Crippen LogP contribution in [0.5, 0.6) is 0 Å². The molecule has 0 aromatic carbocycles. The zero-order valence-electron chi connectivity index (χ0n) is 13.9. The van der Waals surface area contributed by atoms with Crippen molar-refractivity contribution >= 4 is 15.8 Å². The van der Waals surface area contributed by atoms with Gasteiger partial charge in [-0.3, -0.25) is 0 Å². The molecular formula is C15H22F3N3O2S. The number of halogens is 3. The number of nitrogens with zero attached hydrogens (tertiary/aromatic N) is 2. The number of hydrogen-bond donors (Lipinski definition) is 1. The van der Waals surface area contributed by atoms with E-state index in [1.165, 1.54) is 0 Å². The average molecular weight is 365 g/mol. The Kier molecular flexibility index (Phi) is 4.89. The Hall–Kier alpha value is -1.35. The van der Waals surface area contributed by atoms with Gasteiger partial charge in [0.05, 0.1) is 5.56 Å². The highest BCUT2D eigenvalue weighted by molar-refractivity contribution is 7.89. The van der Waals surface area contributed by atoms with Crippen LogP contribution in [0.3, 0.4) is 0 Å². The van der Waals surface area contributed by atoms with E-state index in [2.05, 4.69) is 25.8 Å². The normalized spacial score (nSPS) is 20.3. The molecule has 2 N–H and O–H groups in total. The number of sulfonamides is 1. The largest absolute Gasteiger partial charge is 0.420 e. The molecule has 0 saturated carbocycles. The number of aromatic nitrogens is 1. The number of rotatable bonds is 2. The molecule has 0 spiro atoms. The first-order valence-electron chi connectivity index (χ1n) is 7.65. The molecule has 136 valence electrons. The van der Waals surface area contributed by atoms with Crippen LogP contribution in [-0.2, 0) is 16.2 Å². The third-order valence-corrected chi connectivity index (χ3v) is 5.30. The van der Waals surface area contributed by atoms with E-state index in [0.29, 0.717) is 19.2 Å². The maximum absolute atomic E-state index is 13.4. The molecule has 1 atom stereocenters. The minimum Gasteiger partial charge on any atom is -0.356 e. The Labute approximate surface area is 140 Å². The quantitative estimate of drug-likeness (QED) is 0.874. The molecule has 1 aromatic rings. The fourth-order valence-electron chi connectivity index (χ4n) is 2.93. The second-order valence-electron chi connectivity index (χ2n) is 7.24. The number of primary sulfonamides is 1. The first kappa shape index (κ1) is 19.0. The van der Waals surface area contributed by atoms with Gasteiger partial charge in [-0.25, -0.2) is 18.5 Å². The van der Waals surface area contributed by atoms with Crippen molar-refractivity contribution in [1.29, 1.82) is 0 Å². The number of pyridine rings is 1. The van der Waals surface area contributed by atoms with Crippen molar-refractivity contribution in [2.75, 3.05) is 18.0 Å². The van der Waals surface area contributed by atoms with Crippen molar-refractivity contribution in [3.8, 4) is 0 Å². The van der Waals surface area contributed by atoms with Crippen molar-refractivity contribution in [2.45, 2.75) is 44.7 Å². The molecule has 2 rings (SSSR count). The van der Waals surface area contributed by atoms with Gasteiger partial charge in [0.2, 0.25) is 10.0 Å². The summed E-state index contributed by atoms with van der Waals surface area (Å²) in [6, 6.07) is 0.568. The lowest BCUT2D eigenvalue weighted by Gasteiger charge is -2.40. The summed E-state index contributed by atoms with van der Waals surface area (Å²) >= 11 is 0. The van der Waals surface area contributed by atoms with E-state index in [1.807, 2.05) is 0 Å². The molecule has 0 amide bonds. The Bertz CT molecular complexity index is 712. The standard InChI is InChI=1S/C15H22F3N3O2S/c1-14(2,3)10-5-4-6-21(9-10)13-12(15(16,17)18)7-11(8-20-13)24(19,22)23/h7-8,10H,4-6,9H2,1-3H3,(H2,19,22,23). The topological polar surface area (TPSA) is 76.3 Å². The molecule has 2 heterocycles. The van der Waals surface area contributed by atoms with Gasteiger partial charge in [0.25, 0.3) is 0 Å². The lowest BCUT2D eigenvalue weighted by Crippen LogP contribution is -2.41. The Morgan fingerprint density at radius 2 is 1.92 bits per heavy atom. The molecule has 1 saturated heterocycles. The van der Waals surface area contributed by atoms with Gasteiger partial charge in [0, 0.05) is 19.3 Å². The molecule has 1 aliphatic rings. The van der Waals surface area contributed by atoms with E-state index in [0.717, 1.165) is 19.0 Å². The van der Waals surface area contributed by atoms with Gasteiger partial charge in [0.1, 0.15) is 10.7 Å². The van der Waals surface area contributed by atoms with Crippen molar-refractivity contribution in [3.05, 3.63) is 17.8 Å². The lowest BCUT2D eigenvalue weighted by molar-refractivity contribution is -0.137. The molecule has 9 heteroatoms. The highest BCUT2D eigenvalue weighted by atomic mass is 32.2. The van der Waals surface area contributed by atoms with Crippen molar-refractivity contribution in [1.82, 2.24) is 4.98 Å². The van der Waals surface area contributed by atoms with Crippen LogP contribution in [-0.4, -0.2) is 26.5 Å². The van der Waals surface area contributed by atoms with Crippen LogP contribution < -0.4 is 10.0 Å². The summed E-state index contributed by atoms with van der Waals surface area (Å²) in [7, 11) is -4.25. The summed E-state index contributed by atoms with van der Waals surface area (Å²) < 4.78 is 62.9. The van der Waals surface area contributed by atoms with Gasteiger partial charge in [-0.1, -0.05) is 20.8 Å². The molecule has 0 radical (unpaired) electrons. The zero-order valence-corrected chi connectivity index (χ0v) is 14.7. The first-order chi connectivity index (χ1) is 10.8.